The molecule has 1 atom stereocenters. The molecule has 0 radical (unpaired) electrons. The molecular weight excluding hydrogens is 291 g/mol. The largest absolute Gasteiger partial charge is 0.336 e. The van der Waals surface area contributed by atoms with Gasteiger partial charge in [0.05, 0.1) is 5.56 Å². The number of halogens is 1. The molecule has 23 heavy (non-hydrogen) atoms. The highest BCUT2D eigenvalue weighted by molar-refractivity contribution is 5.94. The number of piperazine rings is 1. The van der Waals surface area contributed by atoms with Gasteiger partial charge in [-0.05, 0) is 24.6 Å². The summed E-state index contributed by atoms with van der Waals surface area (Å²) < 4.78 is 13.8. The van der Waals surface area contributed by atoms with Crippen molar-refractivity contribution in [1.82, 2.24) is 9.80 Å². The summed E-state index contributed by atoms with van der Waals surface area (Å²) in [6, 6.07) is 16.9. The van der Waals surface area contributed by atoms with E-state index in [1.54, 1.807) is 23.1 Å². The summed E-state index contributed by atoms with van der Waals surface area (Å²) in [6.07, 6.45) is 0. The lowest BCUT2D eigenvalue weighted by molar-refractivity contribution is 0.0578. The number of benzene rings is 2. The summed E-state index contributed by atoms with van der Waals surface area (Å²) in [7, 11) is 0. The average molecular weight is 312 g/mol. The Labute approximate surface area is 136 Å². The van der Waals surface area contributed by atoms with E-state index in [0.29, 0.717) is 19.1 Å². The van der Waals surface area contributed by atoms with Crippen LogP contribution in [-0.2, 0) is 0 Å². The van der Waals surface area contributed by atoms with E-state index >= 15 is 0 Å². The predicted molar refractivity (Wildman–Crippen MR) is 88.7 cm³/mol. The van der Waals surface area contributed by atoms with E-state index in [1.807, 2.05) is 18.2 Å². The Kier molecular flexibility index (Phi) is 4.72. The average Bonchev–Trinajstić information content (AvgIpc) is 2.62. The second-order valence-electron chi connectivity index (χ2n) is 5.89. The Hall–Kier alpha value is -2.20. The van der Waals surface area contributed by atoms with Crippen molar-refractivity contribution < 1.29 is 9.18 Å². The minimum absolute atomic E-state index is 0.164. The Morgan fingerprint density at radius 1 is 0.957 bits per heavy atom. The monoisotopic (exact) mass is 312 g/mol. The van der Waals surface area contributed by atoms with Crippen molar-refractivity contribution in [3.63, 3.8) is 0 Å². The van der Waals surface area contributed by atoms with E-state index in [2.05, 4.69) is 24.0 Å². The van der Waals surface area contributed by atoms with Crippen molar-refractivity contribution in [2.75, 3.05) is 26.2 Å². The maximum atomic E-state index is 13.8. The molecule has 1 amide bonds. The first kappa shape index (κ1) is 15.7. The molecule has 2 aromatic carbocycles. The van der Waals surface area contributed by atoms with Gasteiger partial charge in [-0.15, -0.1) is 0 Å². The SMILES string of the molecule is C[C@H](c1ccccc1)N1CCN(C(=O)c2ccccc2F)CC1. The number of carbonyl (C=O) groups excluding carboxylic acids is 1. The van der Waals surface area contributed by atoms with E-state index in [1.165, 1.54) is 11.6 Å². The van der Waals surface area contributed by atoms with Crippen LogP contribution in [-0.4, -0.2) is 41.9 Å². The van der Waals surface area contributed by atoms with Gasteiger partial charge in [-0.25, -0.2) is 4.39 Å². The fourth-order valence-electron chi connectivity index (χ4n) is 3.06. The molecule has 0 spiro atoms. The van der Waals surface area contributed by atoms with E-state index < -0.39 is 5.82 Å². The molecule has 0 N–H and O–H groups in total. The van der Waals surface area contributed by atoms with Gasteiger partial charge in [0.1, 0.15) is 5.82 Å². The second kappa shape index (κ2) is 6.92. The number of rotatable bonds is 3. The minimum Gasteiger partial charge on any atom is -0.336 e. The highest BCUT2D eigenvalue weighted by Gasteiger charge is 2.26. The molecule has 0 aliphatic carbocycles. The van der Waals surface area contributed by atoms with Crippen LogP contribution in [0.4, 0.5) is 4.39 Å². The van der Waals surface area contributed by atoms with Gasteiger partial charge in [0.15, 0.2) is 0 Å². The van der Waals surface area contributed by atoms with Crippen LogP contribution in [0, 0.1) is 5.82 Å². The Morgan fingerprint density at radius 2 is 1.57 bits per heavy atom. The van der Waals surface area contributed by atoms with Gasteiger partial charge < -0.3 is 4.90 Å². The molecule has 3 rings (SSSR count). The van der Waals surface area contributed by atoms with Crippen molar-refractivity contribution in [2.24, 2.45) is 0 Å². The number of carbonyl (C=O) groups is 1. The summed E-state index contributed by atoms with van der Waals surface area (Å²) in [4.78, 5) is 16.5. The third kappa shape index (κ3) is 3.42. The highest BCUT2D eigenvalue weighted by atomic mass is 19.1. The molecule has 0 aromatic heterocycles. The van der Waals surface area contributed by atoms with Crippen LogP contribution >= 0.6 is 0 Å². The molecule has 1 saturated heterocycles. The molecule has 1 fully saturated rings. The summed E-state index contributed by atoms with van der Waals surface area (Å²) in [6.45, 7) is 5.05. The maximum absolute atomic E-state index is 13.8. The minimum atomic E-state index is -0.447. The summed E-state index contributed by atoms with van der Waals surface area (Å²) in [5.41, 5.74) is 1.44. The molecule has 3 nitrogen and oxygen atoms in total. The van der Waals surface area contributed by atoms with Crippen LogP contribution in [0.15, 0.2) is 54.6 Å². The van der Waals surface area contributed by atoms with E-state index in [9.17, 15) is 9.18 Å². The lowest BCUT2D eigenvalue weighted by Crippen LogP contribution is -2.49. The third-order valence-electron chi connectivity index (χ3n) is 4.54. The quantitative estimate of drug-likeness (QED) is 0.868. The van der Waals surface area contributed by atoms with Gasteiger partial charge in [-0.1, -0.05) is 42.5 Å². The number of nitrogens with zero attached hydrogens (tertiary/aromatic N) is 2. The molecule has 1 heterocycles. The zero-order chi connectivity index (χ0) is 16.2. The van der Waals surface area contributed by atoms with Crippen LogP contribution in [0.25, 0.3) is 0 Å². The Bertz CT molecular complexity index is 666. The fourth-order valence-corrected chi connectivity index (χ4v) is 3.06. The van der Waals surface area contributed by atoms with Gasteiger partial charge in [0.2, 0.25) is 0 Å². The van der Waals surface area contributed by atoms with Crippen molar-refractivity contribution in [3.05, 3.63) is 71.5 Å². The first-order valence-electron chi connectivity index (χ1n) is 7.99. The van der Waals surface area contributed by atoms with Crippen molar-refractivity contribution >= 4 is 5.91 Å². The van der Waals surface area contributed by atoms with Crippen LogP contribution in [0.3, 0.4) is 0 Å². The maximum Gasteiger partial charge on any atom is 0.256 e. The normalized spacial score (nSPS) is 17.0. The second-order valence-corrected chi connectivity index (χ2v) is 5.89. The molecule has 0 saturated carbocycles. The molecule has 1 aliphatic heterocycles. The zero-order valence-corrected chi connectivity index (χ0v) is 13.3. The summed E-state index contributed by atoms with van der Waals surface area (Å²) >= 11 is 0. The van der Waals surface area contributed by atoms with Crippen molar-refractivity contribution in [3.8, 4) is 0 Å². The van der Waals surface area contributed by atoms with Gasteiger partial charge in [0.25, 0.3) is 5.91 Å². The van der Waals surface area contributed by atoms with Gasteiger partial charge >= 0.3 is 0 Å². The van der Waals surface area contributed by atoms with Crippen LogP contribution in [0.1, 0.15) is 28.9 Å². The van der Waals surface area contributed by atoms with E-state index in [-0.39, 0.29) is 11.5 Å². The predicted octanol–water partition coefficient (Wildman–Crippen LogP) is 3.34. The highest BCUT2D eigenvalue weighted by Crippen LogP contribution is 2.22. The molecule has 120 valence electrons. The first-order chi connectivity index (χ1) is 11.2. The number of hydrogen-bond acceptors (Lipinski definition) is 2. The molecule has 4 heteroatoms. The molecule has 0 unspecified atom stereocenters. The lowest BCUT2D eigenvalue weighted by atomic mass is 10.1. The van der Waals surface area contributed by atoms with Gasteiger partial charge in [-0.3, -0.25) is 9.69 Å². The van der Waals surface area contributed by atoms with E-state index in [4.69, 9.17) is 0 Å². The Morgan fingerprint density at radius 3 is 2.22 bits per heavy atom. The third-order valence-corrected chi connectivity index (χ3v) is 4.54. The fraction of sp³-hybridized carbons (Fsp3) is 0.316. The molecular formula is C19H21FN2O. The Balaban J connectivity index is 1.62. The molecule has 0 bridgehead atoms. The lowest BCUT2D eigenvalue weighted by Gasteiger charge is -2.38. The summed E-state index contributed by atoms with van der Waals surface area (Å²) in [5, 5.41) is 0. The molecule has 2 aromatic rings. The standard InChI is InChI=1S/C19H21FN2O/c1-15(16-7-3-2-4-8-16)21-11-13-22(14-12-21)19(23)17-9-5-6-10-18(17)20/h2-10,15H,11-14H2,1H3/t15-/m1/s1. The first-order valence-corrected chi connectivity index (χ1v) is 7.99. The topological polar surface area (TPSA) is 23.6 Å². The van der Waals surface area contributed by atoms with E-state index in [0.717, 1.165) is 13.1 Å². The van der Waals surface area contributed by atoms with Crippen LogP contribution in [0.5, 0.6) is 0 Å². The van der Waals surface area contributed by atoms with Crippen LogP contribution in [0.2, 0.25) is 0 Å². The smallest absolute Gasteiger partial charge is 0.256 e. The zero-order valence-electron chi connectivity index (χ0n) is 13.3. The van der Waals surface area contributed by atoms with Gasteiger partial charge in [0, 0.05) is 32.2 Å². The van der Waals surface area contributed by atoms with Crippen molar-refractivity contribution in [2.45, 2.75) is 13.0 Å². The molecule has 1 aliphatic rings. The van der Waals surface area contributed by atoms with Crippen LogP contribution < -0.4 is 0 Å². The number of hydrogen-bond donors (Lipinski definition) is 0. The number of amides is 1. The summed E-state index contributed by atoms with van der Waals surface area (Å²) in [5.74, 6) is -0.660. The van der Waals surface area contributed by atoms with Gasteiger partial charge in [-0.2, -0.15) is 0 Å². The van der Waals surface area contributed by atoms with Crippen molar-refractivity contribution in [1.29, 1.82) is 0 Å².